The van der Waals surface area contributed by atoms with Gasteiger partial charge in [-0.25, -0.2) is 19.6 Å². The van der Waals surface area contributed by atoms with Crippen LogP contribution in [-0.4, -0.2) is 106 Å². The number of nitrogens with one attached hydrogen (secondary N) is 4. The highest BCUT2D eigenvalue weighted by molar-refractivity contribution is 5.91. The number of nitrogens with zero attached hydrogens (tertiary/aromatic N) is 4. The number of carbonyl (C=O) groups excluding carboxylic acids is 4. The van der Waals surface area contributed by atoms with E-state index in [9.17, 15) is 28.0 Å². The smallest absolute Gasteiger partial charge is 0.407 e. The first-order valence-electron chi connectivity index (χ1n) is 22.3. The molecular formula is C48H54F2N8O7. The molecule has 342 valence electrons. The Bertz CT molecular complexity index is 2570. The molecule has 1 spiro atoms. The number of hydrogen-bond donors (Lipinski definition) is 4. The Morgan fingerprint density at radius 2 is 1.42 bits per heavy atom. The van der Waals surface area contributed by atoms with E-state index in [2.05, 4.69) is 73.9 Å². The third kappa shape index (κ3) is 8.89. The van der Waals surface area contributed by atoms with Crippen LogP contribution in [0.1, 0.15) is 82.5 Å². The second-order valence-electron chi connectivity index (χ2n) is 18.3. The highest BCUT2D eigenvalue weighted by Crippen LogP contribution is 2.58. The van der Waals surface area contributed by atoms with Crippen molar-refractivity contribution in [3.05, 3.63) is 84.7 Å². The number of ether oxygens (including phenoxy) is 3. The van der Waals surface area contributed by atoms with Crippen LogP contribution in [0.15, 0.2) is 73.1 Å². The number of piperidine rings is 1. The van der Waals surface area contributed by atoms with Crippen molar-refractivity contribution < 1.29 is 42.2 Å². The summed E-state index contributed by atoms with van der Waals surface area (Å²) in [5, 5.41) is 7.39. The zero-order valence-corrected chi connectivity index (χ0v) is 36.8. The molecule has 4 amide bonds. The number of alkyl carbamates (subject to hydrolysis) is 2. The fraction of sp³-hybridized carbons (Fsp3) is 0.458. The highest BCUT2D eigenvalue weighted by atomic mass is 19.3. The van der Waals surface area contributed by atoms with E-state index in [0.717, 1.165) is 88.8 Å². The number of aromatic amines is 2. The summed E-state index contributed by atoms with van der Waals surface area (Å²) in [6, 6.07) is 18.4. The Morgan fingerprint density at radius 3 is 2.09 bits per heavy atom. The van der Waals surface area contributed by atoms with Crippen LogP contribution in [0.5, 0.6) is 0 Å². The van der Waals surface area contributed by atoms with Crippen molar-refractivity contribution in [2.45, 2.75) is 95.6 Å². The molecule has 6 atom stereocenters. The first-order chi connectivity index (χ1) is 31.3. The van der Waals surface area contributed by atoms with Crippen molar-refractivity contribution >= 4 is 34.8 Å². The minimum atomic E-state index is -2.99. The number of benzene rings is 3. The Labute approximate surface area is 375 Å². The summed E-state index contributed by atoms with van der Waals surface area (Å²) in [5.41, 5.74) is 5.74. The van der Waals surface area contributed by atoms with Crippen molar-refractivity contribution in [2.75, 3.05) is 27.4 Å². The minimum absolute atomic E-state index is 0.0560. The number of fused-ring (bicyclic) bond motifs is 3. The maximum Gasteiger partial charge on any atom is 0.407 e. The summed E-state index contributed by atoms with van der Waals surface area (Å²) >= 11 is 0. The van der Waals surface area contributed by atoms with Gasteiger partial charge in [-0.15, -0.1) is 0 Å². The quantitative estimate of drug-likeness (QED) is 0.0855. The second-order valence-corrected chi connectivity index (χ2v) is 18.3. The molecule has 65 heavy (non-hydrogen) atoms. The van der Waals surface area contributed by atoms with Gasteiger partial charge in [0.1, 0.15) is 23.7 Å². The monoisotopic (exact) mass is 892 g/mol. The van der Waals surface area contributed by atoms with E-state index >= 15 is 0 Å². The lowest BCUT2D eigenvalue weighted by molar-refractivity contribution is -0.144. The van der Waals surface area contributed by atoms with Crippen molar-refractivity contribution in [1.82, 2.24) is 40.4 Å². The fourth-order valence-corrected chi connectivity index (χ4v) is 10.2. The van der Waals surface area contributed by atoms with E-state index in [0.29, 0.717) is 12.4 Å². The predicted octanol–water partition coefficient (Wildman–Crippen LogP) is 8.13. The van der Waals surface area contributed by atoms with Crippen molar-refractivity contribution in [1.29, 1.82) is 0 Å². The van der Waals surface area contributed by atoms with Gasteiger partial charge in [-0.3, -0.25) is 9.59 Å². The summed E-state index contributed by atoms with van der Waals surface area (Å²) in [5.74, 6) is 0.915. The molecule has 3 aromatic carbocycles. The Kier molecular flexibility index (Phi) is 12.1. The van der Waals surface area contributed by atoms with Gasteiger partial charge in [0.15, 0.2) is 0 Å². The first kappa shape index (κ1) is 43.9. The van der Waals surface area contributed by atoms with Crippen LogP contribution < -0.4 is 10.6 Å². The van der Waals surface area contributed by atoms with Gasteiger partial charge in [0.05, 0.1) is 56.7 Å². The van der Waals surface area contributed by atoms with Crippen LogP contribution in [0.25, 0.3) is 44.4 Å². The SMILES string of the molecule is COC(=O)N[C@@H](CCOC(F)F)C(=O)N1[C@@H]2CC[C@H](C2)[C@H]1c1ncc(-c2ccc(-c3ccc4cc(-c5cnc([C@@H]6CC7(CC7)CN6C(=O)[C@@H](NC(=O)OC)C(C)C)[nH]5)ccc4c3)cc2)[nH]1. The van der Waals surface area contributed by atoms with Gasteiger partial charge in [-0.2, -0.15) is 8.78 Å². The number of likely N-dealkylation sites (tertiary alicyclic amines) is 2. The lowest BCUT2D eigenvalue weighted by atomic mass is 9.97. The third-order valence-corrected chi connectivity index (χ3v) is 13.9. The molecule has 0 radical (unpaired) electrons. The summed E-state index contributed by atoms with van der Waals surface area (Å²) in [6.07, 6.45) is 7.49. The number of halogens is 2. The van der Waals surface area contributed by atoms with Crippen LogP contribution in [0.4, 0.5) is 18.4 Å². The molecule has 4 heterocycles. The fourth-order valence-electron chi connectivity index (χ4n) is 10.2. The van der Waals surface area contributed by atoms with Crippen LogP contribution in [0.3, 0.4) is 0 Å². The molecule has 2 aliphatic heterocycles. The number of rotatable bonds is 14. The third-order valence-electron chi connectivity index (χ3n) is 13.9. The maximum atomic E-state index is 14.0. The molecule has 2 saturated carbocycles. The van der Waals surface area contributed by atoms with Gasteiger partial charge >= 0.3 is 18.8 Å². The van der Waals surface area contributed by atoms with Crippen molar-refractivity contribution in [3.8, 4) is 33.6 Å². The molecule has 15 nitrogen and oxygen atoms in total. The van der Waals surface area contributed by atoms with E-state index in [4.69, 9.17) is 19.4 Å². The molecule has 4 aliphatic rings. The zero-order chi connectivity index (χ0) is 45.6. The molecule has 2 aromatic heterocycles. The lowest BCUT2D eigenvalue weighted by Gasteiger charge is -2.36. The van der Waals surface area contributed by atoms with Crippen LogP contribution in [-0.2, 0) is 23.8 Å². The van der Waals surface area contributed by atoms with E-state index < -0.39 is 37.5 Å². The topological polar surface area (TPSA) is 184 Å². The molecule has 9 rings (SSSR count). The molecule has 2 saturated heterocycles. The minimum Gasteiger partial charge on any atom is -0.453 e. The zero-order valence-electron chi connectivity index (χ0n) is 36.8. The Morgan fingerprint density at radius 1 is 0.800 bits per heavy atom. The molecule has 17 heteroatoms. The molecule has 0 unspecified atom stereocenters. The lowest BCUT2D eigenvalue weighted by Crippen LogP contribution is -2.52. The van der Waals surface area contributed by atoms with Gasteiger partial charge < -0.3 is 44.6 Å². The molecule has 5 aromatic rings. The molecule has 4 fully saturated rings. The largest absolute Gasteiger partial charge is 0.453 e. The number of carbonyl (C=O) groups is 4. The van der Waals surface area contributed by atoms with E-state index in [-0.39, 0.29) is 53.6 Å². The molecular weight excluding hydrogens is 839 g/mol. The second kappa shape index (κ2) is 17.9. The number of hydrogen-bond acceptors (Lipinski definition) is 9. The van der Waals surface area contributed by atoms with Crippen molar-refractivity contribution in [2.24, 2.45) is 17.3 Å². The van der Waals surface area contributed by atoms with Crippen LogP contribution in [0.2, 0.25) is 0 Å². The number of methoxy groups -OCH3 is 2. The van der Waals surface area contributed by atoms with Crippen LogP contribution >= 0.6 is 0 Å². The first-order valence-corrected chi connectivity index (χ1v) is 22.3. The van der Waals surface area contributed by atoms with Gasteiger partial charge in [0.2, 0.25) is 11.8 Å². The average molecular weight is 893 g/mol. The van der Waals surface area contributed by atoms with Crippen molar-refractivity contribution in [3.63, 3.8) is 0 Å². The summed E-state index contributed by atoms with van der Waals surface area (Å²) in [7, 11) is 2.47. The van der Waals surface area contributed by atoms with Gasteiger partial charge in [-0.1, -0.05) is 62.4 Å². The summed E-state index contributed by atoms with van der Waals surface area (Å²) in [6.45, 7) is 1.07. The predicted molar refractivity (Wildman–Crippen MR) is 236 cm³/mol. The van der Waals surface area contributed by atoms with E-state index in [1.807, 2.05) is 37.1 Å². The molecule has 4 N–H and O–H groups in total. The number of alkyl halides is 2. The van der Waals surface area contributed by atoms with Gasteiger partial charge in [0.25, 0.3) is 0 Å². The van der Waals surface area contributed by atoms with Gasteiger partial charge in [-0.05, 0) is 95.4 Å². The van der Waals surface area contributed by atoms with E-state index in [1.165, 1.54) is 14.2 Å². The Hall–Kier alpha value is -6.36. The maximum absolute atomic E-state index is 14.0. The highest BCUT2D eigenvalue weighted by Gasteiger charge is 2.55. The van der Waals surface area contributed by atoms with Gasteiger partial charge in [0, 0.05) is 24.6 Å². The summed E-state index contributed by atoms with van der Waals surface area (Å²) < 4.78 is 39.5. The Balaban J connectivity index is 0.883. The number of amides is 4. The molecule has 2 bridgehead atoms. The van der Waals surface area contributed by atoms with Crippen LogP contribution in [0, 0.1) is 17.3 Å². The molecule has 2 aliphatic carbocycles. The standard InChI is InChI=1S/C48H54F2N8O7/c1-26(2)39(56-47(62)64-4)44(60)57-25-48(16-17-48)22-38(57)41-51-24-37(53-41)32-12-11-30-19-29(9-10-31(30)20-32)27-5-7-28(8-6-27)36-23-52-42(54-36)40-33-13-14-34(21-33)58(40)43(59)35(55-46(61)63-3)15-18-65-45(49)50/h5-12,19-20,23-24,26,33-35,38-40,45H,13-18,21-22,25H2,1-4H3,(H,51,53)(H,52,54)(H,55,61)(H,56,62)/t33-,34-,35+,38+,39+,40+/m1/s1. The number of aromatic nitrogens is 4. The average Bonchev–Trinajstić information content (AvgIpc) is 3.94. The van der Waals surface area contributed by atoms with E-state index in [1.54, 1.807) is 11.1 Å². The number of imidazole rings is 2. The number of H-pyrrole nitrogens is 2. The normalized spacial score (nSPS) is 21.6. The summed E-state index contributed by atoms with van der Waals surface area (Å²) in [4.78, 5) is 72.3.